The van der Waals surface area contributed by atoms with E-state index >= 15 is 0 Å². The van der Waals surface area contributed by atoms with Gasteiger partial charge in [-0.3, -0.25) is 9.59 Å². The molecule has 3 rings (SSSR count). The van der Waals surface area contributed by atoms with Gasteiger partial charge in [0.2, 0.25) is 21.8 Å². The van der Waals surface area contributed by atoms with Gasteiger partial charge >= 0.3 is 0 Å². The van der Waals surface area contributed by atoms with Gasteiger partial charge in [-0.15, -0.1) is 0 Å². The van der Waals surface area contributed by atoms with Crippen LogP contribution in [-0.2, 0) is 19.6 Å². The molecule has 0 saturated heterocycles. The summed E-state index contributed by atoms with van der Waals surface area (Å²) in [6.45, 7) is 2.81. The van der Waals surface area contributed by atoms with E-state index in [-0.39, 0.29) is 10.8 Å². The molecular formula is C18H18N4O4S2. The molecule has 3 aromatic rings. The lowest BCUT2D eigenvalue weighted by Gasteiger charge is -2.13. The molecule has 2 amide bonds. The van der Waals surface area contributed by atoms with Crippen molar-refractivity contribution in [2.45, 2.75) is 24.8 Å². The lowest BCUT2D eigenvalue weighted by molar-refractivity contribution is -0.117. The predicted octanol–water partition coefficient (Wildman–Crippen LogP) is 2.56. The molecule has 1 aromatic heterocycles. The van der Waals surface area contributed by atoms with Crippen molar-refractivity contribution in [3.05, 3.63) is 48.5 Å². The molecular weight excluding hydrogens is 400 g/mol. The van der Waals surface area contributed by atoms with E-state index < -0.39 is 22.0 Å². The van der Waals surface area contributed by atoms with E-state index in [9.17, 15) is 18.0 Å². The standard InChI is InChI=1S/C18H18N4O4S2/c1-11(17(24)21-18-20-15-5-3-4-6-16(15)27-18)22-28(25,26)14-9-7-13(8-10-14)19-12(2)23/h3-11,22H,1-2H3,(H,19,23)(H,20,21,24)/t11-/m0/s1. The fourth-order valence-electron chi connectivity index (χ4n) is 2.41. The first kappa shape index (κ1) is 19.9. The SMILES string of the molecule is CC(=O)Nc1ccc(S(=O)(=O)N[C@@H](C)C(=O)Nc2nc3ccccc3s2)cc1. The molecule has 0 saturated carbocycles. The first-order valence-corrected chi connectivity index (χ1v) is 10.6. The lowest BCUT2D eigenvalue weighted by atomic mass is 10.3. The minimum Gasteiger partial charge on any atom is -0.326 e. The van der Waals surface area contributed by atoms with Crippen LogP contribution in [0.1, 0.15) is 13.8 Å². The van der Waals surface area contributed by atoms with Crippen LogP contribution in [0.5, 0.6) is 0 Å². The Kier molecular flexibility index (Phi) is 5.73. The second-order valence-electron chi connectivity index (χ2n) is 6.02. The van der Waals surface area contributed by atoms with Gasteiger partial charge in [0.1, 0.15) is 0 Å². The highest BCUT2D eigenvalue weighted by Gasteiger charge is 2.23. The van der Waals surface area contributed by atoms with Crippen LogP contribution in [0, 0.1) is 0 Å². The minimum absolute atomic E-state index is 0.0127. The molecule has 0 radical (unpaired) electrons. The number of sulfonamides is 1. The Balaban J connectivity index is 1.67. The van der Waals surface area contributed by atoms with Gasteiger partial charge in [0.15, 0.2) is 5.13 Å². The average Bonchev–Trinajstić information content (AvgIpc) is 3.03. The minimum atomic E-state index is -3.91. The molecule has 2 aromatic carbocycles. The van der Waals surface area contributed by atoms with E-state index in [1.54, 1.807) is 0 Å². The third-order valence-corrected chi connectivity index (χ3v) is 6.24. The molecule has 28 heavy (non-hydrogen) atoms. The van der Waals surface area contributed by atoms with Gasteiger partial charge in [-0.2, -0.15) is 4.72 Å². The van der Waals surface area contributed by atoms with E-state index in [4.69, 9.17) is 0 Å². The maximum absolute atomic E-state index is 12.5. The Hall–Kier alpha value is -2.82. The number of para-hydroxylation sites is 1. The number of benzene rings is 2. The van der Waals surface area contributed by atoms with Crippen LogP contribution in [-0.4, -0.2) is 31.3 Å². The lowest BCUT2D eigenvalue weighted by Crippen LogP contribution is -2.41. The number of rotatable bonds is 6. The van der Waals surface area contributed by atoms with Crippen molar-refractivity contribution < 1.29 is 18.0 Å². The second kappa shape index (κ2) is 8.05. The number of aromatic nitrogens is 1. The number of fused-ring (bicyclic) bond motifs is 1. The van der Waals surface area contributed by atoms with Crippen molar-refractivity contribution in [1.82, 2.24) is 9.71 Å². The Labute approximate surface area is 166 Å². The van der Waals surface area contributed by atoms with Crippen molar-refractivity contribution in [2.24, 2.45) is 0 Å². The smallest absolute Gasteiger partial charge is 0.244 e. The van der Waals surface area contributed by atoms with Crippen LogP contribution in [0.4, 0.5) is 10.8 Å². The molecule has 0 unspecified atom stereocenters. The zero-order valence-electron chi connectivity index (χ0n) is 15.1. The van der Waals surface area contributed by atoms with Crippen LogP contribution >= 0.6 is 11.3 Å². The van der Waals surface area contributed by atoms with Gasteiger partial charge in [0.05, 0.1) is 21.2 Å². The number of hydrogen-bond acceptors (Lipinski definition) is 6. The van der Waals surface area contributed by atoms with E-state index in [1.165, 1.54) is 49.4 Å². The molecule has 0 aliphatic carbocycles. The summed E-state index contributed by atoms with van der Waals surface area (Å²) in [5.41, 5.74) is 1.24. The summed E-state index contributed by atoms with van der Waals surface area (Å²) >= 11 is 1.31. The predicted molar refractivity (Wildman–Crippen MR) is 109 cm³/mol. The van der Waals surface area contributed by atoms with Gasteiger partial charge in [0.25, 0.3) is 0 Å². The fourth-order valence-corrected chi connectivity index (χ4v) is 4.49. The third-order valence-electron chi connectivity index (χ3n) is 3.73. The largest absolute Gasteiger partial charge is 0.326 e. The van der Waals surface area contributed by atoms with Crippen molar-refractivity contribution >= 4 is 54.2 Å². The summed E-state index contributed by atoms with van der Waals surface area (Å²) < 4.78 is 28.2. The van der Waals surface area contributed by atoms with Crippen LogP contribution in [0.3, 0.4) is 0 Å². The summed E-state index contributed by atoms with van der Waals surface area (Å²) in [7, 11) is -3.91. The van der Waals surface area contributed by atoms with Gasteiger partial charge in [0, 0.05) is 12.6 Å². The Morgan fingerprint density at radius 1 is 1.04 bits per heavy atom. The third kappa shape index (κ3) is 4.71. The van der Waals surface area contributed by atoms with Crippen LogP contribution < -0.4 is 15.4 Å². The number of thiazole rings is 1. The zero-order valence-corrected chi connectivity index (χ0v) is 16.7. The molecule has 8 nitrogen and oxygen atoms in total. The number of amides is 2. The van der Waals surface area contributed by atoms with Crippen molar-refractivity contribution in [1.29, 1.82) is 0 Å². The summed E-state index contributed by atoms with van der Waals surface area (Å²) in [4.78, 5) is 27.7. The van der Waals surface area contributed by atoms with Crippen molar-refractivity contribution in [3.8, 4) is 0 Å². The maximum atomic E-state index is 12.5. The van der Waals surface area contributed by atoms with Gasteiger partial charge in [-0.25, -0.2) is 13.4 Å². The highest BCUT2D eigenvalue weighted by atomic mass is 32.2. The molecule has 1 atom stereocenters. The first-order chi connectivity index (χ1) is 13.2. The van der Waals surface area contributed by atoms with Gasteiger partial charge < -0.3 is 10.6 Å². The average molecular weight is 419 g/mol. The van der Waals surface area contributed by atoms with Crippen LogP contribution in [0.25, 0.3) is 10.2 Å². The molecule has 3 N–H and O–H groups in total. The summed E-state index contributed by atoms with van der Waals surface area (Å²) in [5.74, 6) is -0.772. The van der Waals surface area contributed by atoms with Crippen LogP contribution in [0.15, 0.2) is 53.4 Å². The maximum Gasteiger partial charge on any atom is 0.244 e. The fraction of sp³-hybridized carbons (Fsp3) is 0.167. The Morgan fingerprint density at radius 2 is 1.71 bits per heavy atom. The topological polar surface area (TPSA) is 117 Å². The number of nitrogens with zero attached hydrogens (tertiary/aromatic N) is 1. The van der Waals surface area contributed by atoms with Gasteiger partial charge in [-0.1, -0.05) is 23.5 Å². The normalized spacial score (nSPS) is 12.5. The Bertz CT molecular complexity index is 1090. The van der Waals surface area contributed by atoms with Gasteiger partial charge in [-0.05, 0) is 43.3 Å². The quantitative estimate of drug-likeness (QED) is 0.569. The van der Waals surface area contributed by atoms with Crippen molar-refractivity contribution in [2.75, 3.05) is 10.6 Å². The number of nitrogens with one attached hydrogen (secondary N) is 3. The molecule has 1 heterocycles. The van der Waals surface area contributed by atoms with Crippen LogP contribution in [0.2, 0.25) is 0 Å². The van der Waals surface area contributed by atoms with E-state index in [0.29, 0.717) is 10.8 Å². The monoisotopic (exact) mass is 418 g/mol. The highest BCUT2D eigenvalue weighted by Crippen LogP contribution is 2.25. The Morgan fingerprint density at radius 3 is 2.36 bits per heavy atom. The zero-order chi connectivity index (χ0) is 20.3. The second-order valence-corrected chi connectivity index (χ2v) is 8.77. The highest BCUT2D eigenvalue weighted by molar-refractivity contribution is 7.89. The molecule has 146 valence electrons. The summed E-state index contributed by atoms with van der Waals surface area (Å²) in [6, 6.07) is 12.1. The van der Waals surface area contributed by atoms with E-state index in [1.807, 2.05) is 24.3 Å². The molecule has 0 spiro atoms. The first-order valence-electron chi connectivity index (χ1n) is 8.31. The van der Waals surface area contributed by atoms with E-state index in [0.717, 1.165) is 10.2 Å². The molecule has 0 bridgehead atoms. The number of carbonyl (C=O) groups is 2. The summed E-state index contributed by atoms with van der Waals surface area (Å²) in [6.07, 6.45) is 0. The number of anilines is 2. The van der Waals surface area contributed by atoms with Crippen molar-refractivity contribution in [3.63, 3.8) is 0 Å². The number of carbonyl (C=O) groups excluding carboxylic acids is 2. The summed E-state index contributed by atoms with van der Waals surface area (Å²) in [5, 5.41) is 5.59. The molecule has 0 aliphatic heterocycles. The van der Waals surface area contributed by atoms with E-state index in [2.05, 4.69) is 20.3 Å². The molecule has 0 aliphatic rings. The number of hydrogen-bond donors (Lipinski definition) is 3. The molecule has 0 fully saturated rings. The molecule has 10 heteroatoms.